The normalized spacial score (nSPS) is 10.3. The van der Waals surface area contributed by atoms with Crippen LogP contribution in [0.15, 0.2) is 42.5 Å². The summed E-state index contributed by atoms with van der Waals surface area (Å²) in [7, 11) is 0. The molecule has 0 fully saturated rings. The Hall–Kier alpha value is -3.73. The summed E-state index contributed by atoms with van der Waals surface area (Å²) < 4.78 is 0. The molecule has 0 aliphatic carbocycles. The molecule has 0 unspecified atom stereocenters. The Bertz CT molecular complexity index is 987. The molecule has 3 N–H and O–H groups in total. The largest absolute Gasteiger partial charge is 0.352 e. The minimum atomic E-state index is -0.214. The summed E-state index contributed by atoms with van der Waals surface area (Å²) in [5.74, 6) is -0.338. The zero-order chi connectivity index (χ0) is 19.1. The van der Waals surface area contributed by atoms with Crippen molar-refractivity contribution in [3.05, 3.63) is 53.6 Å². The van der Waals surface area contributed by atoms with Crippen molar-refractivity contribution in [2.75, 3.05) is 11.9 Å². The van der Waals surface area contributed by atoms with Crippen molar-refractivity contribution >= 4 is 28.5 Å². The zero-order valence-electron chi connectivity index (χ0n) is 14.5. The molecule has 8 nitrogen and oxygen atoms in total. The van der Waals surface area contributed by atoms with Gasteiger partial charge in [0.05, 0.1) is 12.5 Å². The SMILES string of the molecule is N#CCc1ccc(NC(=O)CCCNC(=O)c2ccc3n[nH]nc3c2)cc1. The molecule has 2 amide bonds. The highest BCUT2D eigenvalue weighted by Gasteiger charge is 2.08. The molecule has 136 valence electrons. The number of anilines is 1. The van der Waals surface area contributed by atoms with Gasteiger partial charge in [0.25, 0.3) is 5.91 Å². The van der Waals surface area contributed by atoms with Gasteiger partial charge in [-0.05, 0) is 42.3 Å². The van der Waals surface area contributed by atoms with Crippen LogP contribution in [0.1, 0.15) is 28.8 Å². The van der Waals surface area contributed by atoms with E-state index in [1.165, 1.54) is 0 Å². The lowest BCUT2D eigenvalue weighted by atomic mass is 10.1. The average Bonchev–Trinajstić information content (AvgIpc) is 3.14. The maximum atomic E-state index is 12.1. The van der Waals surface area contributed by atoms with Gasteiger partial charge < -0.3 is 10.6 Å². The van der Waals surface area contributed by atoms with Crippen LogP contribution in [0.25, 0.3) is 11.0 Å². The third kappa shape index (κ3) is 4.89. The maximum absolute atomic E-state index is 12.1. The molecule has 3 rings (SSSR count). The monoisotopic (exact) mass is 362 g/mol. The molecule has 0 atom stereocenters. The van der Waals surface area contributed by atoms with Crippen LogP contribution in [0, 0.1) is 11.3 Å². The van der Waals surface area contributed by atoms with E-state index in [1.807, 2.05) is 12.1 Å². The summed E-state index contributed by atoms with van der Waals surface area (Å²) in [5, 5.41) is 24.6. The van der Waals surface area contributed by atoms with Crippen LogP contribution in [-0.2, 0) is 11.2 Å². The first kappa shape index (κ1) is 18.1. The first-order chi connectivity index (χ1) is 13.2. The Kier molecular flexibility index (Phi) is 5.74. The number of hydrogen-bond donors (Lipinski definition) is 3. The molecule has 2 aromatic carbocycles. The van der Waals surface area contributed by atoms with Gasteiger partial charge in [0.15, 0.2) is 0 Å². The predicted octanol–water partition coefficient (Wildman–Crippen LogP) is 2.17. The van der Waals surface area contributed by atoms with E-state index in [-0.39, 0.29) is 11.8 Å². The Balaban J connectivity index is 1.40. The van der Waals surface area contributed by atoms with Crippen molar-refractivity contribution in [2.45, 2.75) is 19.3 Å². The molecule has 1 aromatic heterocycles. The van der Waals surface area contributed by atoms with Gasteiger partial charge in [0.1, 0.15) is 11.0 Å². The summed E-state index contributed by atoms with van der Waals surface area (Å²) in [5.41, 5.74) is 3.42. The van der Waals surface area contributed by atoms with Gasteiger partial charge in [-0.3, -0.25) is 9.59 Å². The van der Waals surface area contributed by atoms with Gasteiger partial charge in [-0.15, -0.1) is 0 Å². The molecule has 8 heteroatoms. The Morgan fingerprint density at radius 3 is 2.63 bits per heavy atom. The third-order valence-corrected chi connectivity index (χ3v) is 3.97. The number of carbonyl (C=O) groups is 2. The van der Waals surface area contributed by atoms with Crippen LogP contribution in [0.5, 0.6) is 0 Å². The number of nitrogens with one attached hydrogen (secondary N) is 3. The third-order valence-electron chi connectivity index (χ3n) is 3.97. The van der Waals surface area contributed by atoms with E-state index in [0.29, 0.717) is 48.1 Å². The van der Waals surface area contributed by atoms with Crippen LogP contribution >= 0.6 is 0 Å². The molecule has 0 saturated carbocycles. The van der Waals surface area contributed by atoms with Crippen molar-refractivity contribution in [1.29, 1.82) is 5.26 Å². The van der Waals surface area contributed by atoms with E-state index in [0.717, 1.165) is 5.56 Å². The summed E-state index contributed by atoms with van der Waals surface area (Å²) in [6.07, 6.45) is 1.16. The maximum Gasteiger partial charge on any atom is 0.251 e. The number of nitriles is 1. The van der Waals surface area contributed by atoms with Crippen LogP contribution in [0.2, 0.25) is 0 Å². The van der Waals surface area contributed by atoms with Crippen LogP contribution < -0.4 is 10.6 Å². The van der Waals surface area contributed by atoms with E-state index in [4.69, 9.17) is 5.26 Å². The van der Waals surface area contributed by atoms with Gasteiger partial charge in [-0.25, -0.2) is 0 Å². The first-order valence-electron chi connectivity index (χ1n) is 8.50. The molecular weight excluding hydrogens is 344 g/mol. The number of H-pyrrole nitrogens is 1. The van der Waals surface area contributed by atoms with Gasteiger partial charge in [-0.1, -0.05) is 12.1 Å². The zero-order valence-corrected chi connectivity index (χ0v) is 14.5. The standard InChI is InChI=1S/C19H18N6O2/c20-10-9-13-3-6-15(7-4-13)22-18(26)2-1-11-21-19(27)14-5-8-16-17(12-14)24-25-23-16/h3-8,12H,1-2,9,11H2,(H,21,27)(H,22,26)(H,23,24,25). The van der Waals surface area contributed by atoms with Gasteiger partial charge in [-0.2, -0.15) is 20.7 Å². The summed E-state index contributed by atoms with van der Waals surface area (Å²) in [6, 6.07) is 14.3. The molecule has 27 heavy (non-hydrogen) atoms. The van der Waals surface area contributed by atoms with Gasteiger partial charge >= 0.3 is 0 Å². The molecule has 0 spiro atoms. The van der Waals surface area contributed by atoms with Crippen molar-refractivity contribution in [1.82, 2.24) is 20.7 Å². The van der Waals surface area contributed by atoms with Crippen molar-refractivity contribution in [3.8, 4) is 6.07 Å². The second kappa shape index (κ2) is 8.58. The van der Waals surface area contributed by atoms with E-state index >= 15 is 0 Å². The molecule has 0 bridgehead atoms. The molecule has 0 aliphatic heterocycles. The Morgan fingerprint density at radius 1 is 1.07 bits per heavy atom. The van der Waals surface area contributed by atoms with Gasteiger partial charge in [0.2, 0.25) is 5.91 Å². The number of fused-ring (bicyclic) bond motifs is 1. The van der Waals surface area contributed by atoms with E-state index in [9.17, 15) is 9.59 Å². The molecule has 3 aromatic rings. The summed E-state index contributed by atoms with van der Waals surface area (Å²) in [4.78, 5) is 24.1. The van der Waals surface area contributed by atoms with Crippen molar-refractivity contribution < 1.29 is 9.59 Å². The highest BCUT2D eigenvalue weighted by Crippen LogP contribution is 2.11. The fourth-order valence-electron chi connectivity index (χ4n) is 2.56. The predicted molar refractivity (Wildman–Crippen MR) is 99.8 cm³/mol. The smallest absolute Gasteiger partial charge is 0.251 e. The molecule has 0 saturated heterocycles. The van der Waals surface area contributed by atoms with Crippen LogP contribution in [0.4, 0.5) is 5.69 Å². The quantitative estimate of drug-likeness (QED) is 0.556. The molecular formula is C19H18N6O2. The number of hydrogen-bond acceptors (Lipinski definition) is 5. The van der Waals surface area contributed by atoms with Crippen molar-refractivity contribution in [2.24, 2.45) is 0 Å². The fraction of sp³-hybridized carbons (Fsp3) is 0.211. The second-order valence-corrected chi connectivity index (χ2v) is 5.97. The van der Waals surface area contributed by atoms with E-state index < -0.39 is 0 Å². The lowest BCUT2D eigenvalue weighted by Gasteiger charge is -2.07. The second-order valence-electron chi connectivity index (χ2n) is 5.97. The minimum absolute atomic E-state index is 0.124. The first-order valence-corrected chi connectivity index (χ1v) is 8.50. The van der Waals surface area contributed by atoms with E-state index in [2.05, 4.69) is 32.1 Å². The fourth-order valence-corrected chi connectivity index (χ4v) is 2.56. The highest BCUT2D eigenvalue weighted by atomic mass is 16.2. The number of nitrogens with zero attached hydrogens (tertiary/aromatic N) is 3. The lowest BCUT2D eigenvalue weighted by molar-refractivity contribution is -0.116. The summed E-state index contributed by atoms with van der Waals surface area (Å²) >= 11 is 0. The Labute approximate surface area is 155 Å². The van der Waals surface area contributed by atoms with Gasteiger partial charge in [0, 0.05) is 24.2 Å². The average molecular weight is 362 g/mol. The number of benzene rings is 2. The number of carbonyl (C=O) groups excluding carboxylic acids is 2. The number of rotatable bonds is 7. The topological polar surface area (TPSA) is 124 Å². The van der Waals surface area contributed by atoms with Crippen molar-refractivity contribution in [3.63, 3.8) is 0 Å². The van der Waals surface area contributed by atoms with Crippen LogP contribution in [-0.4, -0.2) is 33.8 Å². The lowest BCUT2D eigenvalue weighted by Crippen LogP contribution is -2.25. The molecule has 0 aliphatic rings. The number of aromatic nitrogens is 3. The molecule has 1 heterocycles. The summed E-state index contributed by atoms with van der Waals surface area (Å²) in [6.45, 7) is 0.393. The highest BCUT2D eigenvalue weighted by molar-refractivity contribution is 5.97. The van der Waals surface area contributed by atoms with E-state index in [1.54, 1.807) is 30.3 Å². The number of aromatic amines is 1. The Morgan fingerprint density at radius 2 is 1.85 bits per heavy atom. The number of amides is 2. The molecule has 0 radical (unpaired) electrons. The minimum Gasteiger partial charge on any atom is -0.352 e. The van der Waals surface area contributed by atoms with Crippen LogP contribution in [0.3, 0.4) is 0 Å².